The Morgan fingerprint density at radius 3 is 2.28 bits per heavy atom. The first-order valence-electron chi connectivity index (χ1n) is 6.21. The molecule has 1 rings (SSSR count). The van der Waals surface area contributed by atoms with Gasteiger partial charge in [0.25, 0.3) is 0 Å². The fraction of sp³-hybridized carbons (Fsp3) is 0.533. The van der Waals surface area contributed by atoms with Gasteiger partial charge in [-0.1, -0.05) is 24.3 Å². The van der Waals surface area contributed by atoms with Crippen LogP contribution in [0.4, 0.5) is 0 Å². The predicted octanol–water partition coefficient (Wildman–Crippen LogP) is 2.20. The standard InChI is InChI=1S/C15H23NO2/c1-11-8-6-7-9-12(11)10-13(17)16-14(2,3)15(4,5)18/h6-9,18H,10H2,1-5H3,(H,16,17). The zero-order valence-electron chi connectivity index (χ0n) is 11.9. The van der Waals surface area contributed by atoms with Crippen molar-refractivity contribution in [3.8, 4) is 0 Å². The fourth-order valence-corrected chi connectivity index (χ4v) is 1.53. The number of carbonyl (C=O) groups is 1. The van der Waals surface area contributed by atoms with E-state index in [2.05, 4.69) is 5.32 Å². The van der Waals surface area contributed by atoms with Gasteiger partial charge in [0.1, 0.15) is 0 Å². The number of rotatable bonds is 4. The van der Waals surface area contributed by atoms with Crippen molar-refractivity contribution in [2.24, 2.45) is 0 Å². The number of benzene rings is 1. The maximum Gasteiger partial charge on any atom is 0.224 e. The van der Waals surface area contributed by atoms with Crippen molar-refractivity contribution in [2.75, 3.05) is 0 Å². The summed E-state index contributed by atoms with van der Waals surface area (Å²) < 4.78 is 0. The van der Waals surface area contributed by atoms with Crippen molar-refractivity contribution in [2.45, 2.75) is 52.2 Å². The molecule has 100 valence electrons. The minimum atomic E-state index is -0.964. The normalized spacial score (nSPS) is 12.3. The Labute approximate surface area is 109 Å². The molecule has 0 aliphatic carbocycles. The molecular weight excluding hydrogens is 226 g/mol. The average molecular weight is 249 g/mol. The number of hydrogen-bond acceptors (Lipinski definition) is 2. The van der Waals surface area contributed by atoms with Gasteiger partial charge in [-0.05, 0) is 45.7 Å². The number of aliphatic hydroxyl groups is 1. The molecule has 0 saturated heterocycles. The molecule has 1 aromatic rings. The summed E-state index contributed by atoms with van der Waals surface area (Å²) in [6, 6.07) is 7.82. The Bertz CT molecular complexity index is 430. The van der Waals surface area contributed by atoms with Crippen LogP contribution in [0.15, 0.2) is 24.3 Å². The molecule has 0 radical (unpaired) electrons. The summed E-state index contributed by atoms with van der Waals surface area (Å²) in [5, 5.41) is 12.9. The van der Waals surface area contributed by atoms with Gasteiger partial charge in [0.2, 0.25) is 5.91 Å². The van der Waals surface area contributed by atoms with Gasteiger partial charge in [-0.25, -0.2) is 0 Å². The smallest absolute Gasteiger partial charge is 0.224 e. The highest BCUT2D eigenvalue weighted by Crippen LogP contribution is 2.20. The molecule has 0 spiro atoms. The van der Waals surface area contributed by atoms with E-state index in [1.54, 1.807) is 13.8 Å². The van der Waals surface area contributed by atoms with Crippen molar-refractivity contribution >= 4 is 5.91 Å². The van der Waals surface area contributed by atoms with Crippen LogP contribution in [-0.2, 0) is 11.2 Å². The number of nitrogens with one attached hydrogen (secondary N) is 1. The van der Waals surface area contributed by atoms with Crippen LogP contribution >= 0.6 is 0 Å². The summed E-state index contributed by atoms with van der Waals surface area (Å²) in [7, 11) is 0. The summed E-state index contributed by atoms with van der Waals surface area (Å²) in [5.41, 5.74) is 0.497. The number of carbonyl (C=O) groups excluding carboxylic acids is 1. The van der Waals surface area contributed by atoms with Gasteiger partial charge in [-0.2, -0.15) is 0 Å². The molecule has 2 N–H and O–H groups in total. The summed E-state index contributed by atoms with van der Waals surface area (Å²) in [5.74, 6) is -0.0728. The van der Waals surface area contributed by atoms with Gasteiger partial charge in [0, 0.05) is 0 Å². The highest BCUT2D eigenvalue weighted by molar-refractivity contribution is 5.79. The molecule has 0 saturated carbocycles. The molecule has 0 atom stereocenters. The van der Waals surface area contributed by atoms with Gasteiger partial charge in [-0.15, -0.1) is 0 Å². The molecule has 0 bridgehead atoms. The Balaban J connectivity index is 2.72. The van der Waals surface area contributed by atoms with Crippen LogP contribution in [0.2, 0.25) is 0 Å². The van der Waals surface area contributed by atoms with E-state index in [0.29, 0.717) is 6.42 Å². The van der Waals surface area contributed by atoms with E-state index < -0.39 is 11.1 Å². The largest absolute Gasteiger partial charge is 0.388 e. The third-order valence-electron chi connectivity index (χ3n) is 3.59. The quantitative estimate of drug-likeness (QED) is 0.859. The Hall–Kier alpha value is -1.35. The van der Waals surface area contributed by atoms with E-state index in [1.165, 1.54) is 0 Å². The Morgan fingerprint density at radius 1 is 1.22 bits per heavy atom. The third kappa shape index (κ3) is 3.57. The zero-order valence-corrected chi connectivity index (χ0v) is 11.9. The number of hydrogen-bond donors (Lipinski definition) is 2. The van der Waals surface area contributed by atoms with Crippen LogP contribution in [0.5, 0.6) is 0 Å². The van der Waals surface area contributed by atoms with Crippen molar-refractivity contribution < 1.29 is 9.90 Å². The van der Waals surface area contributed by atoms with Gasteiger partial charge >= 0.3 is 0 Å². The average Bonchev–Trinajstić information content (AvgIpc) is 2.19. The molecule has 0 aliphatic heterocycles. The van der Waals surface area contributed by atoms with Gasteiger partial charge < -0.3 is 10.4 Å². The SMILES string of the molecule is Cc1ccccc1CC(=O)NC(C)(C)C(C)(C)O. The highest BCUT2D eigenvalue weighted by atomic mass is 16.3. The molecule has 0 aliphatic rings. The van der Waals surface area contributed by atoms with E-state index in [-0.39, 0.29) is 5.91 Å². The lowest BCUT2D eigenvalue weighted by Gasteiger charge is -2.38. The van der Waals surface area contributed by atoms with Crippen LogP contribution in [0.3, 0.4) is 0 Å². The van der Waals surface area contributed by atoms with E-state index in [1.807, 2.05) is 45.0 Å². The van der Waals surface area contributed by atoms with E-state index in [0.717, 1.165) is 11.1 Å². The summed E-state index contributed by atoms with van der Waals surface area (Å²) >= 11 is 0. The number of amides is 1. The second kappa shape index (κ2) is 5.11. The summed E-state index contributed by atoms with van der Waals surface area (Å²) in [6.07, 6.45) is 0.339. The maximum absolute atomic E-state index is 12.0. The maximum atomic E-state index is 12.0. The van der Waals surface area contributed by atoms with Gasteiger partial charge in [0.15, 0.2) is 0 Å². The lowest BCUT2D eigenvalue weighted by molar-refractivity contribution is -0.125. The predicted molar refractivity (Wildman–Crippen MR) is 73.4 cm³/mol. The Kier molecular flexibility index (Phi) is 4.17. The van der Waals surface area contributed by atoms with Crippen molar-refractivity contribution in [1.29, 1.82) is 0 Å². The van der Waals surface area contributed by atoms with E-state index >= 15 is 0 Å². The zero-order chi connectivity index (χ0) is 14.0. The molecule has 1 amide bonds. The first-order chi connectivity index (χ1) is 8.13. The van der Waals surface area contributed by atoms with Crippen LogP contribution in [-0.4, -0.2) is 22.2 Å². The van der Waals surface area contributed by atoms with Gasteiger partial charge in [0.05, 0.1) is 17.6 Å². The first-order valence-corrected chi connectivity index (χ1v) is 6.21. The molecular formula is C15H23NO2. The topological polar surface area (TPSA) is 49.3 Å². The fourth-order valence-electron chi connectivity index (χ4n) is 1.53. The van der Waals surface area contributed by atoms with Gasteiger partial charge in [-0.3, -0.25) is 4.79 Å². The first kappa shape index (κ1) is 14.7. The van der Waals surface area contributed by atoms with Crippen LogP contribution in [0.25, 0.3) is 0 Å². The lowest BCUT2D eigenvalue weighted by atomic mass is 9.85. The van der Waals surface area contributed by atoms with Crippen molar-refractivity contribution in [1.82, 2.24) is 5.32 Å². The van der Waals surface area contributed by atoms with Crippen LogP contribution < -0.4 is 5.32 Å². The van der Waals surface area contributed by atoms with Crippen LogP contribution in [0.1, 0.15) is 38.8 Å². The molecule has 0 heterocycles. The summed E-state index contributed by atoms with van der Waals surface area (Å²) in [6.45, 7) is 9.03. The second-order valence-electron chi connectivity index (χ2n) is 5.84. The van der Waals surface area contributed by atoms with E-state index in [4.69, 9.17) is 0 Å². The number of aryl methyl sites for hydroxylation is 1. The second-order valence-corrected chi connectivity index (χ2v) is 5.84. The molecule has 3 nitrogen and oxygen atoms in total. The lowest BCUT2D eigenvalue weighted by Crippen LogP contribution is -2.58. The Morgan fingerprint density at radius 2 is 1.78 bits per heavy atom. The van der Waals surface area contributed by atoms with Crippen molar-refractivity contribution in [3.63, 3.8) is 0 Å². The summed E-state index contributed by atoms with van der Waals surface area (Å²) in [4.78, 5) is 12.0. The molecule has 1 aromatic carbocycles. The molecule has 0 aromatic heterocycles. The third-order valence-corrected chi connectivity index (χ3v) is 3.59. The molecule has 0 unspecified atom stereocenters. The minimum Gasteiger partial charge on any atom is -0.388 e. The minimum absolute atomic E-state index is 0.0728. The monoisotopic (exact) mass is 249 g/mol. The molecule has 0 fully saturated rings. The van der Waals surface area contributed by atoms with Crippen molar-refractivity contribution in [3.05, 3.63) is 35.4 Å². The molecule has 3 heteroatoms. The highest BCUT2D eigenvalue weighted by Gasteiger charge is 2.36. The van der Waals surface area contributed by atoms with E-state index in [9.17, 15) is 9.90 Å². The van der Waals surface area contributed by atoms with Crippen LogP contribution in [0, 0.1) is 6.92 Å². The molecule has 18 heavy (non-hydrogen) atoms.